The number of aromatic nitrogens is 2. The van der Waals surface area contributed by atoms with Crippen molar-refractivity contribution in [1.82, 2.24) is 20.2 Å². The molecule has 1 atom stereocenters. The second-order valence-electron chi connectivity index (χ2n) is 5.43. The Hall–Kier alpha value is -2.74. The Morgan fingerprint density at radius 3 is 3.04 bits per heavy atom. The molecule has 1 aromatic carbocycles. The van der Waals surface area contributed by atoms with Crippen LogP contribution in [0.4, 0.5) is 5.69 Å². The van der Waals surface area contributed by atoms with Crippen LogP contribution in [0.2, 0.25) is 0 Å². The van der Waals surface area contributed by atoms with Gasteiger partial charge in [0.2, 0.25) is 0 Å². The van der Waals surface area contributed by atoms with Crippen LogP contribution in [0, 0.1) is 10.1 Å². The lowest BCUT2D eigenvalue weighted by molar-refractivity contribution is -0.384. The third-order valence-electron chi connectivity index (χ3n) is 3.89. The Morgan fingerprint density at radius 1 is 1.52 bits per heavy atom. The van der Waals surface area contributed by atoms with Gasteiger partial charge in [0.25, 0.3) is 11.6 Å². The number of amides is 1. The van der Waals surface area contributed by atoms with Crippen molar-refractivity contribution in [2.24, 2.45) is 0 Å². The molecule has 1 aliphatic heterocycles. The summed E-state index contributed by atoms with van der Waals surface area (Å²) in [6.45, 7) is 1.49. The Balaban J connectivity index is 1.78. The zero-order valence-electron chi connectivity index (χ0n) is 12.4. The number of nitrogens with zero attached hydrogens (tertiary/aromatic N) is 3. The van der Waals surface area contributed by atoms with E-state index in [0.717, 1.165) is 19.4 Å². The number of hydrogen-bond acceptors (Lipinski definition) is 5. The van der Waals surface area contributed by atoms with Gasteiger partial charge in [-0.05, 0) is 31.5 Å². The molecular weight excluding hydrogens is 298 g/mol. The number of nitro benzene ring substituents is 1. The third kappa shape index (κ3) is 3.37. The van der Waals surface area contributed by atoms with Gasteiger partial charge < -0.3 is 15.2 Å². The fraction of sp³-hybridized carbons (Fsp3) is 0.333. The molecule has 0 saturated carbocycles. The van der Waals surface area contributed by atoms with Gasteiger partial charge in [-0.1, -0.05) is 0 Å². The molecule has 0 aliphatic carbocycles. The molecule has 1 amide bonds. The lowest BCUT2D eigenvalue weighted by Gasteiger charge is -2.12. The summed E-state index contributed by atoms with van der Waals surface area (Å²) in [5.74, 6) is -0.306. The molecule has 2 heterocycles. The number of carbonyl (C=O) groups excluding carboxylic acids is 1. The van der Waals surface area contributed by atoms with Gasteiger partial charge in [0, 0.05) is 36.6 Å². The highest BCUT2D eigenvalue weighted by Gasteiger charge is 2.20. The normalized spacial score (nSPS) is 17.1. The van der Waals surface area contributed by atoms with Crippen LogP contribution in [0.25, 0.3) is 5.69 Å². The average Bonchev–Trinajstić information content (AvgIpc) is 3.25. The van der Waals surface area contributed by atoms with E-state index >= 15 is 0 Å². The summed E-state index contributed by atoms with van der Waals surface area (Å²) in [5, 5.41) is 17.4. The van der Waals surface area contributed by atoms with Gasteiger partial charge in [0.1, 0.15) is 5.69 Å². The minimum Gasteiger partial charge on any atom is -0.350 e. The summed E-state index contributed by atoms with van der Waals surface area (Å²) in [7, 11) is 0. The zero-order chi connectivity index (χ0) is 16.2. The van der Waals surface area contributed by atoms with Crippen molar-refractivity contribution < 1.29 is 9.72 Å². The molecule has 1 unspecified atom stereocenters. The maximum atomic E-state index is 12.2. The SMILES string of the molecule is O=C(NCC1CCCN1)c1ccc(-n2ccnc2)c([N+](=O)[O-])c1. The van der Waals surface area contributed by atoms with E-state index in [4.69, 9.17) is 0 Å². The standard InChI is InChI=1S/C15H17N5O3/c21-15(18-9-12-2-1-5-17-12)11-3-4-13(14(8-11)20(22)23)19-7-6-16-10-19/h3-4,6-8,10,12,17H,1-2,5,9H2,(H,18,21). The van der Waals surface area contributed by atoms with Crippen molar-refractivity contribution in [3.8, 4) is 5.69 Å². The molecule has 0 bridgehead atoms. The summed E-state index contributed by atoms with van der Waals surface area (Å²) < 4.78 is 1.54. The second kappa shape index (κ2) is 6.57. The smallest absolute Gasteiger partial charge is 0.294 e. The van der Waals surface area contributed by atoms with E-state index < -0.39 is 4.92 Å². The van der Waals surface area contributed by atoms with Gasteiger partial charge in [-0.2, -0.15) is 0 Å². The van der Waals surface area contributed by atoms with Crippen LogP contribution in [0.5, 0.6) is 0 Å². The van der Waals surface area contributed by atoms with E-state index in [2.05, 4.69) is 15.6 Å². The van der Waals surface area contributed by atoms with Gasteiger partial charge in [0.05, 0.1) is 11.3 Å². The minimum absolute atomic E-state index is 0.130. The van der Waals surface area contributed by atoms with Crippen molar-refractivity contribution in [3.05, 3.63) is 52.6 Å². The van der Waals surface area contributed by atoms with E-state index in [0.29, 0.717) is 12.2 Å². The highest BCUT2D eigenvalue weighted by atomic mass is 16.6. The highest BCUT2D eigenvalue weighted by Crippen LogP contribution is 2.24. The fourth-order valence-electron chi connectivity index (χ4n) is 2.68. The predicted octanol–water partition coefficient (Wildman–Crippen LogP) is 1.26. The summed E-state index contributed by atoms with van der Waals surface area (Å²) in [5.41, 5.74) is 0.523. The van der Waals surface area contributed by atoms with E-state index in [1.165, 1.54) is 12.4 Å². The number of rotatable bonds is 5. The molecule has 0 spiro atoms. The molecule has 120 valence electrons. The third-order valence-corrected chi connectivity index (χ3v) is 3.89. The van der Waals surface area contributed by atoms with Crippen molar-refractivity contribution in [2.45, 2.75) is 18.9 Å². The quantitative estimate of drug-likeness (QED) is 0.639. The molecule has 1 aromatic heterocycles. The first kappa shape index (κ1) is 15.2. The van der Waals surface area contributed by atoms with E-state index in [1.807, 2.05) is 0 Å². The molecular formula is C15H17N5O3. The number of carbonyl (C=O) groups is 1. The lowest BCUT2D eigenvalue weighted by Crippen LogP contribution is -2.37. The van der Waals surface area contributed by atoms with Crippen molar-refractivity contribution in [1.29, 1.82) is 0 Å². The molecule has 2 N–H and O–H groups in total. The Bertz CT molecular complexity index is 708. The van der Waals surface area contributed by atoms with Crippen molar-refractivity contribution in [3.63, 3.8) is 0 Å². The van der Waals surface area contributed by atoms with Gasteiger partial charge in [-0.3, -0.25) is 14.9 Å². The average molecular weight is 315 g/mol. The lowest BCUT2D eigenvalue weighted by atomic mass is 10.1. The molecule has 1 aliphatic rings. The van der Waals surface area contributed by atoms with E-state index in [1.54, 1.807) is 29.1 Å². The summed E-state index contributed by atoms with van der Waals surface area (Å²) in [6.07, 6.45) is 6.77. The second-order valence-corrected chi connectivity index (χ2v) is 5.43. The maximum Gasteiger partial charge on any atom is 0.294 e. The number of nitrogens with one attached hydrogen (secondary N) is 2. The topological polar surface area (TPSA) is 102 Å². The largest absolute Gasteiger partial charge is 0.350 e. The molecule has 3 rings (SSSR count). The number of nitro groups is 1. The molecule has 0 radical (unpaired) electrons. The summed E-state index contributed by atoms with van der Waals surface area (Å²) in [4.78, 5) is 26.9. The zero-order valence-corrected chi connectivity index (χ0v) is 12.4. The molecule has 2 aromatic rings. The number of hydrogen-bond donors (Lipinski definition) is 2. The van der Waals surface area contributed by atoms with Crippen LogP contribution in [0.1, 0.15) is 23.2 Å². The van der Waals surface area contributed by atoms with Crippen molar-refractivity contribution in [2.75, 3.05) is 13.1 Å². The monoisotopic (exact) mass is 315 g/mol. The Morgan fingerprint density at radius 2 is 2.39 bits per heavy atom. The van der Waals surface area contributed by atoms with Crippen LogP contribution in [0.3, 0.4) is 0 Å². The van der Waals surface area contributed by atoms with Crippen LogP contribution >= 0.6 is 0 Å². The predicted molar refractivity (Wildman–Crippen MR) is 83.6 cm³/mol. The van der Waals surface area contributed by atoms with Crippen LogP contribution in [-0.4, -0.2) is 39.5 Å². The maximum absolute atomic E-state index is 12.2. The van der Waals surface area contributed by atoms with E-state index in [9.17, 15) is 14.9 Å². The summed E-state index contributed by atoms with van der Waals surface area (Å²) in [6, 6.07) is 4.72. The highest BCUT2D eigenvalue weighted by molar-refractivity contribution is 5.95. The first-order chi connectivity index (χ1) is 11.1. The molecule has 23 heavy (non-hydrogen) atoms. The first-order valence-corrected chi connectivity index (χ1v) is 7.43. The Labute approximate surface area is 132 Å². The fourth-order valence-corrected chi connectivity index (χ4v) is 2.68. The van der Waals surface area contributed by atoms with E-state index in [-0.39, 0.29) is 23.2 Å². The van der Waals surface area contributed by atoms with Crippen LogP contribution < -0.4 is 10.6 Å². The van der Waals surface area contributed by atoms with Crippen LogP contribution in [0.15, 0.2) is 36.9 Å². The van der Waals surface area contributed by atoms with Crippen molar-refractivity contribution >= 4 is 11.6 Å². The minimum atomic E-state index is -0.495. The molecule has 8 nitrogen and oxygen atoms in total. The van der Waals surface area contributed by atoms with Gasteiger partial charge in [-0.15, -0.1) is 0 Å². The summed E-state index contributed by atoms with van der Waals surface area (Å²) >= 11 is 0. The van der Waals surface area contributed by atoms with Gasteiger partial charge in [-0.25, -0.2) is 4.98 Å². The Kier molecular flexibility index (Phi) is 4.33. The van der Waals surface area contributed by atoms with Gasteiger partial charge >= 0.3 is 0 Å². The first-order valence-electron chi connectivity index (χ1n) is 7.43. The molecule has 1 saturated heterocycles. The number of benzene rings is 1. The molecule has 8 heteroatoms. The van der Waals surface area contributed by atoms with Gasteiger partial charge in [0.15, 0.2) is 0 Å². The van der Waals surface area contributed by atoms with Crippen LogP contribution in [-0.2, 0) is 0 Å². The number of imidazole rings is 1. The molecule has 1 fully saturated rings.